The molecule has 0 radical (unpaired) electrons. The molecular formula is C25H30Cl3NO7. The average molecular weight is 563 g/mol. The van der Waals surface area contributed by atoms with E-state index in [4.69, 9.17) is 58.5 Å². The van der Waals surface area contributed by atoms with Crippen LogP contribution < -0.4 is 10.1 Å². The molecule has 4 atom stereocenters. The van der Waals surface area contributed by atoms with Crippen LogP contribution in [0.15, 0.2) is 54.6 Å². The molecule has 0 spiro atoms. The van der Waals surface area contributed by atoms with E-state index >= 15 is 0 Å². The lowest BCUT2D eigenvalue weighted by molar-refractivity contribution is -0.165. The Morgan fingerprint density at radius 1 is 1.06 bits per heavy atom. The first-order chi connectivity index (χ1) is 17.2. The van der Waals surface area contributed by atoms with Gasteiger partial charge in [0.05, 0.1) is 39.6 Å². The third kappa shape index (κ3) is 7.69. The molecule has 3 rings (SSSR count). The summed E-state index contributed by atoms with van der Waals surface area (Å²) in [5.74, 6) is -0.220. The van der Waals surface area contributed by atoms with Gasteiger partial charge in [-0.25, -0.2) is 0 Å². The number of amides is 1. The Morgan fingerprint density at radius 2 is 1.72 bits per heavy atom. The Balaban J connectivity index is 1.81. The van der Waals surface area contributed by atoms with Crippen molar-refractivity contribution < 1.29 is 33.6 Å². The van der Waals surface area contributed by atoms with Crippen molar-refractivity contribution in [2.24, 2.45) is 0 Å². The second kappa shape index (κ2) is 13.3. The van der Waals surface area contributed by atoms with Crippen molar-refractivity contribution in [3.05, 3.63) is 65.7 Å². The summed E-state index contributed by atoms with van der Waals surface area (Å²) in [5, 5.41) is 13.2. The zero-order valence-electron chi connectivity index (χ0n) is 20.0. The Kier molecular flexibility index (Phi) is 10.7. The highest BCUT2D eigenvalue weighted by Gasteiger charge is 2.53. The van der Waals surface area contributed by atoms with Gasteiger partial charge >= 0.3 is 0 Å². The maximum absolute atomic E-state index is 12.7. The van der Waals surface area contributed by atoms with Gasteiger partial charge in [0.2, 0.25) is 0 Å². The van der Waals surface area contributed by atoms with Crippen LogP contribution in [-0.2, 0) is 37.0 Å². The van der Waals surface area contributed by atoms with Gasteiger partial charge in [-0.2, -0.15) is 0 Å². The second-order valence-electron chi connectivity index (χ2n) is 8.40. The fourth-order valence-electron chi connectivity index (χ4n) is 3.93. The van der Waals surface area contributed by atoms with E-state index in [2.05, 4.69) is 5.32 Å². The van der Waals surface area contributed by atoms with Gasteiger partial charge in [-0.1, -0.05) is 77.3 Å². The van der Waals surface area contributed by atoms with Gasteiger partial charge in [-0.3, -0.25) is 4.79 Å². The van der Waals surface area contributed by atoms with Crippen molar-refractivity contribution >= 4 is 40.7 Å². The smallest absolute Gasteiger partial charge is 0.272 e. The van der Waals surface area contributed by atoms with Crippen LogP contribution in [0.1, 0.15) is 17.5 Å². The average Bonchev–Trinajstić information content (AvgIpc) is 3.31. The summed E-state index contributed by atoms with van der Waals surface area (Å²) in [6.45, 7) is -0.261. The highest BCUT2D eigenvalue weighted by Crippen LogP contribution is 2.34. The number of nitrogens with one attached hydrogen (secondary N) is 1. The monoisotopic (exact) mass is 561 g/mol. The van der Waals surface area contributed by atoms with Crippen molar-refractivity contribution in [3.8, 4) is 5.75 Å². The fourth-order valence-corrected chi connectivity index (χ4v) is 4.07. The van der Waals surface area contributed by atoms with E-state index in [0.717, 1.165) is 11.1 Å². The van der Waals surface area contributed by atoms with Gasteiger partial charge in [0.1, 0.15) is 17.4 Å². The molecule has 0 unspecified atom stereocenters. The second-order valence-corrected chi connectivity index (χ2v) is 10.7. The normalized spacial score (nSPS) is 21.7. The number of alkyl halides is 3. The van der Waals surface area contributed by atoms with E-state index in [0.29, 0.717) is 12.2 Å². The number of aliphatic hydroxyl groups is 1. The molecule has 0 bridgehead atoms. The summed E-state index contributed by atoms with van der Waals surface area (Å²) < 4.78 is 26.5. The largest absolute Gasteiger partial charge is 0.497 e. The van der Waals surface area contributed by atoms with E-state index in [9.17, 15) is 9.90 Å². The first-order valence-corrected chi connectivity index (χ1v) is 12.4. The summed E-state index contributed by atoms with van der Waals surface area (Å²) in [6.07, 6.45) is -1.71. The number of carbonyl (C=O) groups excluding carboxylic acids is 1. The summed E-state index contributed by atoms with van der Waals surface area (Å²) in [4.78, 5) is 12.7. The minimum absolute atomic E-state index is 0.158. The maximum Gasteiger partial charge on any atom is 0.272 e. The molecule has 8 nitrogen and oxygen atoms in total. The summed E-state index contributed by atoms with van der Waals surface area (Å²) in [7, 11) is 3.08. The molecule has 1 saturated heterocycles. The molecule has 0 aromatic heterocycles. The molecular weight excluding hydrogens is 533 g/mol. The van der Waals surface area contributed by atoms with Crippen LogP contribution in [0.2, 0.25) is 0 Å². The Hall–Kier alpha value is -1.62. The van der Waals surface area contributed by atoms with Crippen LogP contribution in [0, 0.1) is 0 Å². The van der Waals surface area contributed by atoms with Gasteiger partial charge in [0.25, 0.3) is 9.70 Å². The predicted molar refractivity (Wildman–Crippen MR) is 136 cm³/mol. The van der Waals surface area contributed by atoms with Gasteiger partial charge in [-0.05, 0) is 23.3 Å². The lowest BCUT2D eigenvalue weighted by Crippen LogP contribution is -2.66. The van der Waals surface area contributed by atoms with Gasteiger partial charge in [-0.15, -0.1) is 0 Å². The minimum atomic E-state index is -2.27. The number of ether oxygens (including phenoxy) is 5. The summed E-state index contributed by atoms with van der Waals surface area (Å²) in [5.41, 5.74) is 0.310. The van der Waals surface area contributed by atoms with Crippen LogP contribution in [0.4, 0.5) is 0 Å². The minimum Gasteiger partial charge on any atom is -0.497 e. The lowest BCUT2D eigenvalue weighted by atomic mass is 9.89. The zero-order chi connectivity index (χ0) is 26.2. The molecule has 36 heavy (non-hydrogen) atoms. The SMILES string of the molecule is COc1ccc(COC[C@](CO)(NC(=O)C(Cl)(Cl)Cl)[C@@H]2O[C@H](OC)C[C@H]2OCc2ccccc2)cc1. The molecule has 1 fully saturated rings. The number of hydrogen-bond donors (Lipinski definition) is 2. The summed E-state index contributed by atoms with van der Waals surface area (Å²) >= 11 is 17.5. The van der Waals surface area contributed by atoms with Crippen LogP contribution in [0.25, 0.3) is 0 Å². The topological polar surface area (TPSA) is 95.5 Å². The molecule has 2 aromatic rings. The number of aliphatic hydroxyl groups excluding tert-OH is 1. The standard InChI is InChI=1S/C25H30Cl3NO7/c1-32-19-10-8-18(9-11-19)13-34-16-24(15-30,29-23(31)25(26,27)28)22-20(12-21(33-2)36-22)35-14-17-6-4-3-5-7-17/h3-11,20-22,30H,12-16H2,1-2H3,(H,29,31)/t20-,21+,22-,24+/m1/s1. The predicted octanol–water partition coefficient (Wildman–Crippen LogP) is 3.78. The third-order valence-electron chi connectivity index (χ3n) is 5.86. The van der Waals surface area contributed by atoms with Gasteiger partial charge < -0.3 is 34.1 Å². The van der Waals surface area contributed by atoms with Gasteiger partial charge in [0.15, 0.2) is 6.29 Å². The highest BCUT2D eigenvalue weighted by molar-refractivity contribution is 6.76. The molecule has 0 saturated carbocycles. The van der Waals surface area contributed by atoms with Gasteiger partial charge in [0, 0.05) is 13.5 Å². The number of hydrogen-bond acceptors (Lipinski definition) is 7. The molecule has 1 aliphatic rings. The molecule has 2 aromatic carbocycles. The van der Waals surface area contributed by atoms with E-state index in [-0.39, 0.29) is 19.8 Å². The van der Waals surface area contributed by atoms with Crippen LogP contribution in [-0.4, -0.2) is 66.3 Å². The number of methoxy groups -OCH3 is 2. The lowest BCUT2D eigenvalue weighted by Gasteiger charge is -2.40. The number of carbonyl (C=O) groups is 1. The molecule has 1 amide bonds. The molecule has 1 heterocycles. The van der Waals surface area contributed by atoms with E-state index in [1.165, 1.54) is 7.11 Å². The van der Waals surface area contributed by atoms with Crippen LogP contribution in [0.5, 0.6) is 5.75 Å². The molecule has 0 aliphatic carbocycles. The first-order valence-electron chi connectivity index (χ1n) is 11.3. The van der Waals surface area contributed by atoms with E-state index < -0.39 is 40.3 Å². The third-order valence-corrected chi connectivity index (χ3v) is 6.38. The quantitative estimate of drug-likeness (QED) is 0.380. The number of rotatable bonds is 12. The van der Waals surface area contributed by atoms with E-state index in [1.807, 2.05) is 42.5 Å². The van der Waals surface area contributed by atoms with Crippen molar-refractivity contribution in [2.45, 2.75) is 47.5 Å². The maximum atomic E-state index is 12.7. The molecule has 11 heteroatoms. The highest BCUT2D eigenvalue weighted by atomic mass is 35.6. The molecule has 1 aliphatic heterocycles. The van der Waals surface area contributed by atoms with Crippen LogP contribution in [0.3, 0.4) is 0 Å². The molecule has 198 valence electrons. The van der Waals surface area contributed by atoms with Crippen molar-refractivity contribution in [2.75, 3.05) is 27.4 Å². The van der Waals surface area contributed by atoms with Crippen LogP contribution >= 0.6 is 34.8 Å². The molecule has 2 N–H and O–H groups in total. The van der Waals surface area contributed by atoms with Crippen molar-refractivity contribution in [1.29, 1.82) is 0 Å². The number of halogens is 3. The first kappa shape index (κ1) is 28.9. The zero-order valence-corrected chi connectivity index (χ0v) is 22.3. The Bertz CT molecular complexity index is 958. The van der Waals surface area contributed by atoms with Crippen molar-refractivity contribution in [1.82, 2.24) is 5.32 Å². The fraction of sp³-hybridized carbons (Fsp3) is 0.480. The summed E-state index contributed by atoms with van der Waals surface area (Å²) in [6, 6.07) is 16.9. The van der Waals surface area contributed by atoms with Crippen molar-refractivity contribution in [3.63, 3.8) is 0 Å². The Labute approximate surface area is 225 Å². The number of benzene rings is 2. The van der Waals surface area contributed by atoms with E-state index in [1.54, 1.807) is 19.2 Å². The Morgan fingerprint density at radius 3 is 2.31 bits per heavy atom.